The van der Waals surface area contributed by atoms with Gasteiger partial charge in [0.1, 0.15) is 5.69 Å². The first-order chi connectivity index (χ1) is 10.6. The summed E-state index contributed by atoms with van der Waals surface area (Å²) in [7, 11) is 0. The van der Waals surface area contributed by atoms with Gasteiger partial charge in [0.05, 0.1) is 22.8 Å². The van der Waals surface area contributed by atoms with Crippen LogP contribution in [0.4, 0.5) is 5.13 Å². The van der Waals surface area contributed by atoms with Crippen molar-refractivity contribution >= 4 is 44.9 Å². The van der Waals surface area contributed by atoms with E-state index in [1.807, 2.05) is 29.2 Å². The average molecular weight is 333 g/mol. The molecule has 0 saturated heterocycles. The molecule has 1 aliphatic heterocycles. The Labute approximate surface area is 135 Å². The number of amides is 1. The van der Waals surface area contributed by atoms with Crippen molar-refractivity contribution in [2.45, 2.75) is 13.0 Å². The molecule has 0 radical (unpaired) electrons. The Morgan fingerprint density at radius 3 is 3.14 bits per heavy atom. The number of nitrogens with two attached hydrogens (primary N) is 1. The number of carbonyl (C=O) groups is 1. The van der Waals surface area contributed by atoms with Gasteiger partial charge in [-0.25, -0.2) is 4.98 Å². The van der Waals surface area contributed by atoms with Gasteiger partial charge in [-0.3, -0.25) is 4.79 Å². The zero-order valence-electron chi connectivity index (χ0n) is 11.6. The second-order valence-electron chi connectivity index (χ2n) is 5.29. The van der Waals surface area contributed by atoms with E-state index in [0.29, 0.717) is 28.9 Å². The number of hydrogen-bond acceptors (Lipinski definition) is 4. The predicted molar refractivity (Wildman–Crippen MR) is 88.3 cm³/mol. The molecule has 3 N–H and O–H groups in total. The fourth-order valence-corrected chi connectivity index (χ4v) is 3.92. The molecule has 112 valence electrons. The largest absolute Gasteiger partial charge is 0.375 e. The van der Waals surface area contributed by atoms with E-state index in [-0.39, 0.29) is 5.91 Å². The second-order valence-corrected chi connectivity index (χ2v) is 6.81. The molecule has 0 bridgehead atoms. The summed E-state index contributed by atoms with van der Waals surface area (Å²) in [4.78, 5) is 23.0. The molecule has 5 nitrogen and oxygen atoms in total. The van der Waals surface area contributed by atoms with Crippen LogP contribution >= 0.6 is 22.9 Å². The summed E-state index contributed by atoms with van der Waals surface area (Å²) in [6.45, 7) is 1.21. The van der Waals surface area contributed by atoms with E-state index < -0.39 is 0 Å². The Bertz CT molecular complexity index is 885. The highest BCUT2D eigenvalue weighted by Gasteiger charge is 2.25. The summed E-state index contributed by atoms with van der Waals surface area (Å²) in [5, 5.41) is 2.12. The minimum atomic E-state index is -0.0233. The smallest absolute Gasteiger partial charge is 0.270 e. The lowest BCUT2D eigenvalue weighted by Crippen LogP contribution is -2.35. The summed E-state index contributed by atoms with van der Waals surface area (Å²) < 4.78 is 0. The van der Waals surface area contributed by atoms with E-state index in [4.69, 9.17) is 17.3 Å². The first-order valence-corrected chi connectivity index (χ1v) is 8.12. The third-order valence-electron chi connectivity index (χ3n) is 3.87. The first-order valence-electron chi connectivity index (χ1n) is 6.92. The van der Waals surface area contributed by atoms with Crippen LogP contribution in [0.2, 0.25) is 5.02 Å². The number of halogens is 1. The van der Waals surface area contributed by atoms with Crippen LogP contribution < -0.4 is 5.73 Å². The fraction of sp³-hybridized carbons (Fsp3) is 0.200. The number of benzene rings is 1. The number of carbonyl (C=O) groups excluding carboxylic acids is 1. The topological polar surface area (TPSA) is 75.0 Å². The van der Waals surface area contributed by atoms with Crippen molar-refractivity contribution in [3.05, 3.63) is 45.6 Å². The summed E-state index contributed by atoms with van der Waals surface area (Å²) in [6.07, 6.45) is 0.746. The number of nitrogens with one attached hydrogen (secondary N) is 1. The Balaban J connectivity index is 1.65. The minimum Gasteiger partial charge on any atom is -0.375 e. The van der Waals surface area contributed by atoms with Crippen LogP contribution in [0.5, 0.6) is 0 Å². The van der Waals surface area contributed by atoms with Crippen molar-refractivity contribution in [1.29, 1.82) is 0 Å². The fourth-order valence-electron chi connectivity index (χ4n) is 2.79. The maximum absolute atomic E-state index is 12.7. The molecule has 4 rings (SSSR count). The molecule has 2 aromatic heterocycles. The number of anilines is 1. The van der Waals surface area contributed by atoms with Crippen LogP contribution in [-0.2, 0) is 13.0 Å². The summed E-state index contributed by atoms with van der Waals surface area (Å²) in [5.74, 6) is -0.0233. The van der Waals surface area contributed by atoms with Gasteiger partial charge in [-0.1, -0.05) is 23.7 Å². The molecule has 22 heavy (non-hydrogen) atoms. The van der Waals surface area contributed by atoms with Gasteiger partial charge in [-0.05, 0) is 12.1 Å². The molecule has 0 fully saturated rings. The van der Waals surface area contributed by atoms with Crippen molar-refractivity contribution in [3.63, 3.8) is 0 Å². The number of thiazole rings is 1. The van der Waals surface area contributed by atoms with Crippen molar-refractivity contribution in [2.24, 2.45) is 0 Å². The Morgan fingerprint density at radius 2 is 2.32 bits per heavy atom. The summed E-state index contributed by atoms with van der Waals surface area (Å²) in [5.41, 5.74) is 8.12. The lowest BCUT2D eigenvalue weighted by Gasteiger charge is -2.25. The lowest BCUT2D eigenvalue weighted by molar-refractivity contribution is 0.0731. The molecule has 0 atom stereocenters. The van der Waals surface area contributed by atoms with Crippen LogP contribution in [0, 0.1) is 0 Å². The molecule has 0 spiro atoms. The van der Waals surface area contributed by atoms with Crippen molar-refractivity contribution in [1.82, 2.24) is 14.9 Å². The monoisotopic (exact) mass is 332 g/mol. The van der Waals surface area contributed by atoms with Gasteiger partial charge in [-0.2, -0.15) is 0 Å². The number of fused-ring (bicyclic) bond motifs is 2. The number of rotatable bonds is 1. The molecule has 7 heteroatoms. The summed E-state index contributed by atoms with van der Waals surface area (Å²) >= 11 is 7.61. The van der Waals surface area contributed by atoms with Gasteiger partial charge < -0.3 is 15.6 Å². The zero-order valence-corrected chi connectivity index (χ0v) is 13.2. The third kappa shape index (κ3) is 2.15. The number of aromatic nitrogens is 2. The average Bonchev–Trinajstić information content (AvgIpc) is 3.08. The number of aromatic amines is 1. The number of nitrogen functional groups attached to an aromatic ring is 1. The standard InChI is InChI=1S/C15H13ClN4OS/c16-9-3-1-2-8-6-11(18-13(8)9)14(21)20-5-4-10-12(7-20)22-15(17)19-10/h1-3,6,18H,4-5,7H2,(H2,17,19). The quantitative estimate of drug-likeness (QED) is 0.719. The van der Waals surface area contributed by atoms with E-state index in [1.54, 1.807) is 0 Å². The maximum atomic E-state index is 12.7. The lowest BCUT2D eigenvalue weighted by atomic mass is 10.1. The SMILES string of the molecule is Nc1nc2c(s1)CN(C(=O)c1cc3cccc(Cl)c3[nH]1)CC2. The zero-order chi connectivity index (χ0) is 15.3. The van der Waals surface area contributed by atoms with E-state index in [2.05, 4.69) is 9.97 Å². The maximum Gasteiger partial charge on any atom is 0.270 e. The number of nitrogens with zero attached hydrogens (tertiary/aromatic N) is 2. The molecule has 1 aromatic carbocycles. The molecule has 3 aromatic rings. The van der Waals surface area contributed by atoms with Crippen molar-refractivity contribution in [2.75, 3.05) is 12.3 Å². The Morgan fingerprint density at radius 1 is 1.45 bits per heavy atom. The predicted octanol–water partition coefficient (Wildman–Crippen LogP) is 3.06. The van der Waals surface area contributed by atoms with Gasteiger partial charge in [0.2, 0.25) is 0 Å². The molecule has 3 heterocycles. The van der Waals surface area contributed by atoms with Crippen molar-refractivity contribution in [3.8, 4) is 0 Å². The van der Waals surface area contributed by atoms with Gasteiger partial charge in [-0.15, -0.1) is 11.3 Å². The molecule has 1 amide bonds. The summed E-state index contributed by atoms with van der Waals surface area (Å²) in [6, 6.07) is 7.47. The molecule has 0 aliphatic carbocycles. The highest BCUT2D eigenvalue weighted by Crippen LogP contribution is 2.28. The minimum absolute atomic E-state index is 0.0233. The normalized spacial score (nSPS) is 14.3. The van der Waals surface area contributed by atoms with E-state index in [0.717, 1.165) is 27.9 Å². The second kappa shape index (κ2) is 5.00. The number of hydrogen-bond donors (Lipinski definition) is 2. The third-order valence-corrected chi connectivity index (χ3v) is 5.10. The number of para-hydroxylation sites is 1. The first kappa shape index (κ1) is 13.6. The molecular formula is C15H13ClN4OS. The molecule has 0 unspecified atom stereocenters. The van der Waals surface area contributed by atoms with Gasteiger partial charge in [0, 0.05) is 23.2 Å². The van der Waals surface area contributed by atoms with E-state index in [1.165, 1.54) is 11.3 Å². The van der Waals surface area contributed by atoms with Crippen LogP contribution in [-0.4, -0.2) is 27.3 Å². The Kier molecular flexibility index (Phi) is 3.09. The molecular weight excluding hydrogens is 320 g/mol. The van der Waals surface area contributed by atoms with E-state index in [9.17, 15) is 4.79 Å². The van der Waals surface area contributed by atoms with Gasteiger partial charge in [0.25, 0.3) is 5.91 Å². The highest BCUT2D eigenvalue weighted by atomic mass is 35.5. The van der Waals surface area contributed by atoms with Crippen LogP contribution in [0.1, 0.15) is 21.1 Å². The van der Waals surface area contributed by atoms with Gasteiger partial charge in [0.15, 0.2) is 5.13 Å². The van der Waals surface area contributed by atoms with Crippen LogP contribution in [0.3, 0.4) is 0 Å². The molecule has 0 saturated carbocycles. The van der Waals surface area contributed by atoms with Crippen LogP contribution in [0.15, 0.2) is 24.3 Å². The Hall–Kier alpha value is -2.05. The highest BCUT2D eigenvalue weighted by molar-refractivity contribution is 7.15. The van der Waals surface area contributed by atoms with Gasteiger partial charge >= 0.3 is 0 Å². The van der Waals surface area contributed by atoms with Crippen LogP contribution in [0.25, 0.3) is 10.9 Å². The van der Waals surface area contributed by atoms with Crippen molar-refractivity contribution < 1.29 is 4.79 Å². The number of H-pyrrole nitrogens is 1. The molecule has 1 aliphatic rings. The van der Waals surface area contributed by atoms with E-state index >= 15 is 0 Å².